The third-order valence-corrected chi connectivity index (χ3v) is 6.79. The number of rotatable bonds is 10. The Morgan fingerprint density at radius 2 is 1.71 bits per heavy atom. The zero-order chi connectivity index (χ0) is 24.6. The van der Waals surface area contributed by atoms with Crippen LogP contribution >= 0.6 is 22.6 Å². The van der Waals surface area contributed by atoms with Crippen LogP contribution in [-0.2, 0) is 26.0 Å². The Morgan fingerprint density at radius 3 is 2.38 bits per heavy atom. The number of nitrogens with one attached hydrogen (secondary N) is 2. The van der Waals surface area contributed by atoms with Gasteiger partial charge in [-0.05, 0) is 71.1 Å². The molecule has 0 saturated heterocycles. The fourth-order valence-corrected chi connectivity index (χ4v) is 4.46. The van der Waals surface area contributed by atoms with E-state index in [1.807, 2.05) is 0 Å². The number of esters is 1. The van der Waals surface area contributed by atoms with Gasteiger partial charge in [-0.3, -0.25) is 9.59 Å². The van der Waals surface area contributed by atoms with E-state index in [1.54, 1.807) is 60.7 Å². The highest BCUT2D eigenvalue weighted by Gasteiger charge is 2.25. The molecule has 0 saturated carbocycles. The standard InChI is InChI=1S/C23H23IN4O5S/c24-17-9-11-19(12-10-17)34(31,32)28-21(27-23(30)16-5-2-1-3-6-16)15-22(29)33-14-13-18-7-4-8-20(25)26-18/h1-12,21,28H,13-15H2,(H2,25,26)(H,27,30)/t21-/m0/s1. The van der Waals surface area contributed by atoms with E-state index in [2.05, 4.69) is 37.6 Å². The average molecular weight is 594 g/mol. The quantitative estimate of drug-likeness (QED) is 0.186. The second-order valence-corrected chi connectivity index (χ2v) is 10.2. The molecular weight excluding hydrogens is 571 g/mol. The van der Waals surface area contributed by atoms with E-state index in [-0.39, 0.29) is 11.5 Å². The van der Waals surface area contributed by atoms with Crippen molar-refractivity contribution >= 4 is 50.3 Å². The van der Waals surface area contributed by atoms with Gasteiger partial charge in [-0.25, -0.2) is 13.4 Å². The smallest absolute Gasteiger partial charge is 0.309 e. The lowest BCUT2D eigenvalue weighted by molar-refractivity contribution is -0.144. The van der Waals surface area contributed by atoms with Crippen molar-refractivity contribution in [3.63, 3.8) is 0 Å². The molecule has 1 atom stereocenters. The summed E-state index contributed by atoms with van der Waals surface area (Å²) in [5.74, 6) is -0.863. The number of halogens is 1. The van der Waals surface area contributed by atoms with Gasteiger partial charge in [0.05, 0.1) is 17.9 Å². The second kappa shape index (κ2) is 11.9. The molecule has 4 N–H and O–H groups in total. The van der Waals surface area contributed by atoms with E-state index in [9.17, 15) is 18.0 Å². The van der Waals surface area contributed by atoms with Gasteiger partial charge in [-0.1, -0.05) is 24.3 Å². The summed E-state index contributed by atoms with van der Waals surface area (Å²) in [5.41, 5.74) is 6.62. The van der Waals surface area contributed by atoms with Crippen molar-refractivity contribution in [1.29, 1.82) is 0 Å². The summed E-state index contributed by atoms with van der Waals surface area (Å²) in [6.07, 6.45) is -1.30. The zero-order valence-electron chi connectivity index (χ0n) is 18.0. The summed E-state index contributed by atoms with van der Waals surface area (Å²) < 4.78 is 34.2. The fraction of sp³-hybridized carbons (Fsp3) is 0.174. The summed E-state index contributed by atoms with van der Waals surface area (Å²) >= 11 is 2.06. The van der Waals surface area contributed by atoms with E-state index in [0.29, 0.717) is 23.5 Å². The van der Waals surface area contributed by atoms with Gasteiger partial charge >= 0.3 is 5.97 Å². The number of nitrogen functional groups attached to an aromatic ring is 1. The third-order valence-electron chi connectivity index (χ3n) is 4.58. The SMILES string of the molecule is Nc1cccc(CCOC(=O)C[C@@H](NC(=O)c2ccccc2)NS(=O)(=O)c2ccc(I)cc2)n1. The molecule has 0 unspecified atom stereocenters. The van der Waals surface area contributed by atoms with Crippen LogP contribution in [0.2, 0.25) is 0 Å². The normalized spacial score (nSPS) is 12.0. The highest BCUT2D eigenvalue weighted by atomic mass is 127. The second-order valence-electron chi connectivity index (χ2n) is 7.20. The van der Waals surface area contributed by atoms with Crippen LogP contribution < -0.4 is 15.8 Å². The average Bonchev–Trinajstić information content (AvgIpc) is 2.79. The van der Waals surface area contributed by atoms with Crippen molar-refractivity contribution in [2.75, 3.05) is 12.3 Å². The molecule has 0 spiro atoms. The van der Waals surface area contributed by atoms with Crippen molar-refractivity contribution in [3.05, 3.63) is 87.6 Å². The molecule has 178 valence electrons. The molecule has 34 heavy (non-hydrogen) atoms. The Bertz CT molecular complexity index is 1240. The van der Waals surface area contributed by atoms with Crippen LogP contribution in [0.3, 0.4) is 0 Å². The van der Waals surface area contributed by atoms with Crippen LogP contribution in [0.25, 0.3) is 0 Å². The fourth-order valence-electron chi connectivity index (χ4n) is 2.95. The first kappa shape index (κ1) is 25.6. The van der Waals surface area contributed by atoms with Crippen LogP contribution in [0, 0.1) is 3.57 Å². The third kappa shape index (κ3) is 7.78. The molecule has 1 aromatic heterocycles. The molecule has 1 heterocycles. The van der Waals surface area contributed by atoms with Gasteiger partial charge in [0, 0.05) is 21.2 Å². The van der Waals surface area contributed by atoms with Crippen LogP contribution in [0.1, 0.15) is 22.5 Å². The molecule has 0 fully saturated rings. The summed E-state index contributed by atoms with van der Waals surface area (Å²) in [5, 5.41) is 2.56. The van der Waals surface area contributed by atoms with E-state index in [1.165, 1.54) is 12.1 Å². The van der Waals surface area contributed by atoms with Gasteiger partial charge in [0.25, 0.3) is 5.91 Å². The number of sulfonamides is 1. The Hall–Kier alpha value is -3.03. The molecule has 0 aliphatic rings. The predicted octanol–water partition coefficient (Wildman–Crippen LogP) is 2.48. The molecule has 11 heteroatoms. The Labute approximate surface area is 211 Å². The number of amides is 1. The van der Waals surface area contributed by atoms with Gasteiger partial charge in [-0.15, -0.1) is 0 Å². The summed E-state index contributed by atoms with van der Waals surface area (Å²) in [6.45, 7) is 0.0263. The maximum absolute atomic E-state index is 12.8. The lowest BCUT2D eigenvalue weighted by atomic mass is 10.2. The summed E-state index contributed by atoms with van der Waals surface area (Å²) in [6, 6.07) is 19.6. The maximum atomic E-state index is 12.8. The number of carbonyl (C=O) groups excluding carboxylic acids is 2. The summed E-state index contributed by atoms with van der Waals surface area (Å²) in [7, 11) is -4.02. The van der Waals surface area contributed by atoms with Gasteiger partial charge < -0.3 is 15.8 Å². The first-order chi connectivity index (χ1) is 16.2. The Kier molecular flexibility index (Phi) is 8.96. The lowest BCUT2D eigenvalue weighted by Gasteiger charge is -2.20. The first-order valence-corrected chi connectivity index (χ1v) is 12.8. The highest BCUT2D eigenvalue weighted by Crippen LogP contribution is 2.13. The minimum Gasteiger partial charge on any atom is -0.465 e. The van der Waals surface area contributed by atoms with Crippen LogP contribution in [-0.4, -0.2) is 38.1 Å². The predicted molar refractivity (Wildman–Crippen MR) is 135 cm³/mol. The molecule has 1 amide bonds. The van der Waals surface area contributed by atoms with Crippen LogP contribution in [0.15, 0.2) is 77.7 Å². The minimum atomic E-state index is -4.02. The van der Waals surface area contributed by atoms with Crippen molar-refractivity contribution in [2.24, 2.45) is 0 Å². The van der Waals surface area contributed by atoms with Crippen molar-refractivity contribution in [2.45, 2.75) is 23.9 Å². The maximum Gasteiger partial charge on any atom is 0.309 e. The van der Waals surface area contributed by atoms with Gasteiger partial charge in [-0.2, -0.15) is 4.72 Å². The van der Waals surface area contributed by atoms with E-state index in [4.69, 9.17) is 10.5 Å². The molecular formula is C23H23IN4O5S. The van der Waals surface area contributed by atoms with Crippen molar-refractivity contribution in [3.8, 4) is 0 Å². The van der Waals surface area contributed by atoms with Crippen LogP contribution in [0.5, 0.6) is 0 Å². The van der Waals surface area contributed by atoms with Gasteiger partial charge in [0.2, 0.25) is 10.0 Å². The molecule has 0 bridgehead atoms. The zero-order valence-corrected chi connectivity index (χ0v) is 21.0. The molecule has 2 aromatic carbocycles. The summed E-state index contributed by atoms with van der Waals surface area (Å²) in [4.78, 5) is 29.2. The number of hydrogen-bond acceptors (Lipinski definition) is 7. The molecule has 3 rings (SSSR count). The van der Waals surface area contributed by atoms with Crippen molar-refractivity contribution in [1.82, 2.24) is 15.0 Å². The number of ether oxygens (including phenoxy) is 1. The number of anilines is 1. The Morgan fingerprint density at radius 1 is 1.00 bits per heavy atom. The molecule has 0 radical (unpaired) electrons. The first-order valence-electron chi connectivity index (χ1n) is 10.2. The number of aromatic nitrogens is 1. The number of carbonyl (C=O) groups is 2. The van der Waals surface area contributed by atoms with Gasteiger partial charge in [0.1, 0.15) is 12.0 Å². The largest absolute Gasteiger partial charge is 0.465 e. The molecule has 9 nitrogen and oxygen atoms in total. The number of nitrogens with two attached hydrogens (primary N) is 1. The number of benzene rings is 2. The highest BCUT2D eigenvalue weighted by molar-refractivity contribution is 14.1. The van der Waals surface area contributed by atoms with Gasteiger partial charge in [0.15, 0.2) is 0 Å². The number of pyridine rings is 1. The molecule has 3 aromatic rings. The topological polar surface area (TPSA) is 140 Å². The minimum absolute atomic E-state index is 0.00739. The van der Waals surface area contributed by atoms with E-state index < -0.39 is 34.5 Å². The van der Waals surface area contributed by atoms with Crippen LogP contribution in [0.4, 0.5) is 5.82 Å². The number of hydrogen-bond donors (Lipinski definition) is 3. The Balaban J connectivity index is 1.68. The number of nitrogens with zero attached hydrogens (tertiary/aromatic N) is 1. The van der Waals surface area contributed by atoms with Crippen molar-refractivity contribution < 1.29 is 22.7 Å². The lowest BCUT2D eigenvalue weighted by Crippen LogP contribution is -2.49. The monoisotopic (exact) mass is 594 g/mol. The molecule has 0 aliphatic heterocycles. The molecule has 0 aliphatic carbocycles. The van der Waals surface area contributed by atoms with E-state index in [0.717, 1.165) is 3.57 Å². The van der Waals surface area contributed by atoms with E-state index >= 15 is 0 Å².